The molecule has 8 nitrogen and oxygen atoms in total. The minimum atomic E-state index is -0.830. The van der Waals surface area contributed by atoms with E-state index < -0.39 is 5.54 Å². The maximum atomic E-state index is 5.75. The molecule has 0 fully saturated rings. The number of anilines is 6. The fourth-order valence-electron chi connectivity index (χ4n) is 9.78. The Morgan fingerprint density at radius 1 is 0.446 bits per heavy atom. The molecule has 7 aromatic carbocycles. The molecular weight excluding hydrogens is 865 g/mol. The predicted molar refractivity (Wildman–Crippen MR) is 262 cm³/mol. The van der Waals surface area contributed by atoms with Crippen molar-refractivity contribution < 1.29 is 18.9 Å². The molecule has 4 aliphatic rings. The van der Waals surface area contributed by atoms with Crippen LogP contribution in [0.5, 0.6) is 23.0 Å². The second-order valence-electron chi connectivity index (χ2n) is 17.5. The Kier molecular flexibility index (Phi) is 9.15. The monoisotopic (exact) mass is 908 g/mol. The summed E-state index contributed by atoms with van der Waals surface area (Å²) in [5, 5.41) is 5.67. The Morgan fingerprint density at radius 3 is 1.28 bits per heavy atom. The van der Waals surface area contributed by atoms with Gasteiger partial charge in [0.1, 0.15) is 28.5 Å². The van der Waals surface area contributed by atoms with Gasteiger partial charge in [-0.2, -0.15) is 5.10 Å². The topological polar surface area (TPSA) is 61.2 Å². The second kappa shape index (κ2) is 14.8. The smallest absolute Gasteiger partial charge is 0.141 e. The third-order valence-electron chi connectivity index (χ3n) is 12.9. The van der Waals surface area contributed by atoms with Crippen LogP contribution in [0.1, 0.15) is 43.2 Å². The zero-order valence-corrected chi connectivity index (χ0v) is 39.4. The van der Waals surface area contributed by atoms with E-state index in [0.29, 0.717) is 0 Å². The summed E-state index contributed by atoms with van der Waals surface area (Å²) in [7, 11) is 6.88. The lowest BCUT2D eigenvalue weighted by atomic mass is 9.76. The molecule has 0 radical (unpaired) electrons. The van der Waals surface area contributed by atoms with Crippen LogP contribution >= 0.6 is 35.3 Å². The van der Waals surface area contributed by atoms with Crippen molar-refractivity contribution in [2.45, 2.75) is 61.1 Å². The van der Waals surface area contributed by atoms with E-state index in [1.807, 2.05) is 36.0 Å². The van der Waals surface area contributed by atoms with Gasteiger partial charge < -0.3 is 28.7 Å². The number of benzene rings is 7. The van der Waals surface area contributed by atoms with Crippen molar-refractivity contribution in [2.24, 2.45) is 0 Å². The molecule has 4 aliphatic heterocycles. The molecule has 1 aromatic heterocycles. The van der Waals surface area contributed by atoms with Crippen molar-refractivity contribution in [3.63, 3.8) is 0 Å². The lowest BCUT2D eigenvalue weighted by molar-refractivity contribution is 0.413. The largest absolute Gasteiger partial charge is 0.497 e. The summed E-state index contributed by atoms with van der Waals surface area (Å²) < 4.78 is 25.3. The average molecular weight is 909 g/mol. The first-order chi connectivity index (χ1) is 31.6. The van der Waals surface area contributed by atoms with E-state index in [9.17, 15) is 0 Å². The molecule has 0 bridgehead atoms. The van der Waals surface area contributed by atoms with Crippen LogP contribution in [0.4, 0.5) is 34.1 Å². The number of aromatic nitrogens is 2. The van der Waals surface area contributed by atoms with Crippen molar-refractivity contribution in [1.29, 1.82) is 0 Å². The van der Waals surface area contributed by atoms with Crippen LogP contribution in [-0.2, 0) is 11.0 Å². The summed E-state index contributed by atoms with van der Waals surface area (Å²) in [4.78, 5) is 11.6. The first-order valence-electron chi connectivity index (χ1n) is 21.5. The van der Waals surface area contributed by atoms with Crippen LogP contribution in [0.2, 0.25) is 0 Å². The number of hydrogen-bond donors (Lipinski definition) is 0. The Morgan fingerprint density at radius 2 is 0.862 bits per heavy atom. The molecule has 322 valence electrons. The van der Waals surface area contributed by atoms with Gasteiger partial charge in [-0.25, -0.2) is 4.68 Å². The van der Waals surface area contributed by atoms with Gasteiger partial charge >= 0.3 is 0 Å². The first-order valence-corrected chi connectivity index (χ1v) is 23.9. The normalized spacial score (nSPS) is 14.6. The Bertz CT molecular complexity index is 3020. The van der Waals surface area contributed by atoms with E-state index in [2.05, 4.69) is 151 Å². The highest BCUT2D eigenvalue weighted by molar-refractivity contribution is 8.00. The molecule has 1 spiro atoms. The van der Waals surface area contributed by atoms with E-state index in [1.165, 1.54) is 32.0 Å². The molecule has 11 heteroatoms. The second-order valence-corrected chi connectivity index (χ2v) is 20.8. The number of hydrogen-bond acceptors (Lipinski definition) is 10. The third-order valence-corrected chi connectivity index (χ3v) is 16.2. The van der Waals surface area contributed by atoms with Gasteiger partial charge in [0.25, 0.3) is 0 Å². The molecule has 65 heavy (non-hydrogen) atoms. The highest BCUT2D eigenvalue weighted by Gasteiger charge is 2.52. The van der Waals surface area contributed by atoms with Gasteiger partial charge in [0, 0.05) is 62.9 Å². The van der Waals surface area contributed by atoms with Gasteiger partial charge in [0.05, 0.1) is 62.6 Å². The SMILES string of the molecule is COc1ccc2c(c1)Sc1cc(OC)ccc1N2c1ccc2c(c1)C1(c3cc(N4c5ccc(OC)cc5Sc5cc(OC)ccc54)ccc3S2)c2ccccc2-c2cc(C(C)(C)C)nn21. The zero-order valence-electron chi connectivity index (χ0n) is 36.9. The standard InChI is InChI=1S/C54H44N4O4S3/c1-53(2,3)52-30-45-37-10-8-9-11-38(37)54(58(45)55-52)39-24-31(56-41-18-14-33(59-4)26-48(41)64-49-27-34(60-5)15-19-42(49)56)12-22-46(39)63-47-23-13-32(25-40(47)54)57-43-20-16-35(61-6)28-50(43)65-51-29-36(62-7)17-21-44(51)57/h8-30H,1-7H3. The van der Waals surface area contributed by atoms with Crippen LogP contribution in [-0.4, -0.2) is 38.2 Å². The van der Waals surface area contributed by atoms with Crippen molar-refractivity contribution in [1.82, 2.24) is 9.78 Å². The minimum Gasteiger partial charge on any atom is -0.497 e. The first kappa shape index (κ1) is 40.1. The van der Waals surface area contributed by atoms with Gasteiger partial charge in [0.2, 0.25) is 0 Å². The summed E-state index contributed by atoms with van der Waals surface area (Å²) in [5.41, 5.74) is 12.3. The number of nitrogens with zero attached hydrogens (tertiary/aromatic N) is 4. The van der Waals surface area contributed by atoms with Gasteiger partial charge in [-0.1, -0.05) is 80.3 Å². The van der Waals surface area contributed by atoms with Gasteiger partial charge in [-0.05, 0) is 121 Å². The highest BCUT2D eigenvalue weighted by Crippen LogP contribution is 2.62. The average Bonchev–Trinajstić information content (AvgIpc) is 3.90. The van der Waals surface area contributed by atoms with Crippen molar-refractivity contribution in [3.8, 4) is 34.3 Å². The summed E-state index contributed by atoms with van der Waals surface area (Å²) >= 11 is 5.29. The van der Waals surface area contributed by atoms with E-state index in [0.717, 1.165) is 88.1 Å². The summed E-state index contributed by atoms with van der Waals surface area (Å²) in [6.07, 6.45) is 0. The number of rotatable bonds is 6. The molecule has 0 saturated heterocycles. The van der Waals surface area contributed by atoms with Crippen LogP contribution in [0.3, 0.4) is 0 Å². The number of fused-ring (bicyclic) bond motifs is 13. The Hall–Kier alpha value is -6.40. The summed E-state index contributed by atoms with van der Waals surface area (Å²) in [6, 6.07) is 50.6. The molecule has 5 heterocycles. The molecule has 0 unspecified atom stereocenters. The van der Waals surface area contributed by atoms with E-state index in [4.69, 9.17) is 24.0 Å². The lowest BCUT2D eigenvalue weighted by Gasteiger charge is -2.41. The molecule has 0 aliphatic carbocycles. The summed E-state index contributed by atoms with van der Waals surface area (Å²) in [6.45, 7) is 6.75. The Labute approximate surface area is 391 Å². The van der Waals surface area contributed by atoms with Crippen molar-refractivity contribution in [2.75, 3.05) is 38.2 Å². The zero-order chi connectivity index (χ0) is 44.4. The van der Waals surface area contributed by atoms with E-state index in [-0.39, 0.29) is 5.41 Å². The van der Waals surface area contributed by atoms with Crippen LogP contribution in [0.15, 0.2) is 169 Å². The van der Waals surface area contributed by atoms with Gasteiger partial charge in [-0.15, -0.1) is 0 Å². The fourth-order valence-corrected chi connectivity index (χ4v) is 13.1. The predicted octanol–water partition coefficient (Wildman–Crippen LogP) is 14.4. The van der Waals surface area contributed by atoms with Gasteiger partial charge in [-0.3, -0.25) is 0 Å². The minimum absolute atomic E-state index is 0.186. The van der Waals surface area contributed by atoms with E-state index in [1.54, 1.807) is 52.0 Å². The van der Waals surface area contributed by atoms with Crippen molar-refractivity contribution >= 4 is 69.4 Å². The number of methoxy groups -OCH3 is 4. The number of ether oxygens (including phenoxy) is 4. The van der Waals surface area contributed by atoms with Crippen LogP contribution in [0, 0.1) is 0 Å². The molecule has 0 atom stereocenters. The van der Waals surface area contributed by atoms with Gasteiger partial charge in [0.15, 0.2) is 0 Å². The fraction of sp³-hybridized carbons (Fsp3) is 0.167. The third kappa shape index (κ3) is 5.98. The maximum absolute atomic E-state index is 5.75. The Balaban J connectivity index is 1.13. The molecule has 0 amide bonds. The molecule has 12 rings (SSSR count). The highest BCUT2D eigenvalue weighted by atomic mass is 32.2. The maximum Gasteiger partial charge on any atom is 0.141 e. The van der Waals surface area contributed by atoms with Crippen molar-refractivity contribution in [3.05, 3.63) is 162 Å². The van der Waals surface area contributed by atoms with Crippen LogP contribution in [0.25, 0.3) is 11.3 Å². The molecule has 8 aromatic rings. The van der Waals surface area contributed by atoms with E-state index >= 15 is 0 Å². The molecule has 0 N–H and O–H groups in total. The lowest BCUT2D eigenvalue weighted by Crippen LogP contribution is -2.39. The van der Waals surface area contributed by atoms with Crippen LogP contribution < -0.4 is 28.7 Å². The summed E-state index contributed by atoms with van der Waals surface area (Å²) in [5.74, 6) is 3.26. The molecular formula is C54H44N4O4S3. The molecule has 0 saturated carbocycles. The quantitative estimate of drug-likeness (QED) is 0.161.